The summed E-state index contributed by atoms with van der Waals surface area (Å²) in [4.78, 5) is 19.0. The van der Waals surface area contributed by atoms with E-state index in [-0.39, 0.29) is 11.6 Å². The van der Waals surface area contributed by atoms with E-state index in [1.54, 1.807) is 24.5 Å². The molecule has 0 spiro atoms. The zero-order valence-electron chi connectivity index (χ0n) is 17.5. The molecule has 5 rings (SSSR count). The van der Waals surface area contributed by atoms with Crippen LogP contribution in [0.4, 0.5) is 11.6 Å². The number of carboxylic acids is 1. The van der Waals surface area contributed by atoms with Crippen molar-refractivity contribution in [1.82, 2.24) is 19.6 Å². The Morgan fingerprint density at radius 2 is 1.97 bits per heavy atom. The van der Waals surface area contributed by atoms with Gasteiger partial charge in [0.15, 0.2) is 5.65 Å². The first-order chi connectivity index (χ1) is 15.0. The molecule has 3 heterocycles. The van der Waals surface area contributed by atoms with Crippen LogP contribution >= 0.6 is 0 Å². The third-order valence-corrected chi connectivity index (χ3v) is 5.88. The number of aromatic carboxylic acids is 1. The Morgan fingerprint density at radius 3 is 2.74 bits per heavy atom. The molecule has 1 aliphatic heterocycles. The molecule has 31 heavy (non-hydrogen) atoms. The average molecular weight is 416 g/mol. The number of para-hydroxylation sites is 1. The van der Waals surface area contributed by atoms with Gasteiger partial charge < -0.3 is 15.3 Å². The minimum absolute atomic E-state index is 0.160. The molecule has 0 amide bonds. The molecule has 0 aliphatic carbocycles. The number of nitrogens with zero attached hydrogens (tertiary/aromatic N) is 5. The molecule has 8 nitrogen and oxygen atoms in total. The topological polar surface area (TPSA) is 95.6 Å². The van der Waals surface area contributed by atoms with E-state index in [0.717, 1.165) is 59.6 Å². The Bertz CT molecular complexity index is 1290. The van der Waals surface area contributed by atoms with Gasteiger partial charge in [0.2, 0.25) is 5.95 Å². The number of carbonyl (C=O) groups is 1. The van der Waals surface area contributed by atoms with E-state index < -0.39 is 5.97 Å². The van der Waals surface area contributed by atoms with E-state index in [9.17, 15) is 9.90 Å². The van der Waals surface area contributed by atoms with Crippen molar-refractivity contribution >= 4 is 34.2 Å². The van der Waals surface area contributed by atoms with Crippen LogP contribution in [0.2, 0.25) is 0 Å². The van der Waals surface area contributed by atoms with E-state index in [4.69, 9.17) is 4.98 Å². The number of carboxylic acid groups (broad SMARTS) is 1. The van der Waals surface area contributed by atoms with E-state index in [0.29, 0.717) is 5.69 Å². The molecule has 4 aromatic rings. The second kappa shape index (κ2) is 7.54. The first-order valence-electron chi connectivity index (χ1n) is 10.5. The third kappa shape index (κ3) is 3.34. The fraction of sp³-hybridized carbons (Fsp3) is 0.304. The molecular weight excluding hydrogens is 392 g/mol. The monoisotopic (exact) mass is 416 g/mol. The zero-order chi connectivity index (χ0) is 21.5. The Hall–Kier alpha value is -3.68. The van der Waals surface area contributed by atoms with Gasteiger partial charge >= 0.3 is 5.97 Å². The van der Waals surface area contributed by atoms with Crippen LogP contribution in [0.25, 0.3) is 16.6 Å². The number of fused-ring (bicyclic) bond motifs is 3. The van der Waals surface area contributed by atoms with Gasteiger partial charge in [0.1, 0.15) is 6.33 Å². The maximum Gasteiger partial charge on any atom is 0.337 e. The summed E-state index contributed by atoms with van der Waals surface area (Å²) in [6.45, 7) is 6.00. The summed E-state index contributed by atoms with van der Waals surface area (Å²) in [6, 6.07) is 11.0. The van der Waals surface area contributed by atoms with Crippen molar-refractivity contribution in [1.29, 1.82) is 0 Å². The first-order valence-corrected chi connectivity index (χ1v) is 10.5. The molecule has 0 unspecified atom stereocenters. The highest BCUT2D eigenvalue weighted by molar-refractivity contribution is 5.96. The number of aromatic nitrogens is 4. The highest BCUT2D eigenvalue weighted by Crippen LogP contribution is 2.32. The lowest BCUT2D eigenvalue weighted by Crippen LogP contribution is -2.22. The lowest BCUT2D eigenvalue weighted by molar-refractivity contribution is 0.0698. The fourth-order valence-corrected chi connectivity index (χ4v) is 4.40. The molecule has 2 N–H and O–H groups in total. The third-order valence-electron chi connectivity index (χ3n) is 5.88. The number of rotatable bonds is 5. The van der Waals surface area contributed by atoms with Gasteiger partial charge in [-0.1, -0.05) is 18.2 Å². The van der Waals surface area contributed by atoms with E-state index in [2.05, 4.69) is 32.5 Å². The molecular formula is C23H24N6O2. The second-order valence-electron chi connectivity index (χ2n) is 8.10. The molecule has 1 fully saturated rings. The quantitative estimate of drug-likeness (QED) is 0.506. The normalized spacial score (nSPS) is 15.0. The molecule has 2 aromatic heterocycles. The van der Waals surface area contributed by atoms with Crippen LogP contribution in [0.3, 0.4) is 0 Å². The van der Waals surface area contributed by atoms with Crippen molar-refractivity contribution in [3.05, 3.63) is 59.4 Å². The van der Waals surface area contributed by atoms with Gasteiger partial charge in [-0.3, -0.25) is 4.40 Å². The summed E-state index contributed by atoms with van der Waals surface area (Å²) < 4.78 is 1.97. The summed E-state index contributed by atoms with van der Waals surface area (Å²) in [5.41, 5.74) is 4.57. The van der Waals surface area contributed by atoms with Crippen LogP contribution in [0.15, 0.2) is 42.7 Å². The summed E-state index contributed by atoms with van der Waals surface area (Å²) in [5.74, 6) is -0.0998. The second-order valence-corrected chi connectivity index (χ2v) is 8.10. The van der Waals surface area contributed by atoms with Crippen molar-refractivity contribution in [2.45, 2.75) is 32.7 Å². The number of anilines is 2. The van der Waals surface area contributed by atoms with Crippen LogP contribution in [0.1, 0.15) is 47.3 Å². The van der Waals surface area contributed by atoms with Crippen molar-refractivity contribution in [3.8, 4) is 0 Å². The number of nitrogens with one attached hydrogen (secondary N) is 1. The summed E-state index contributed by atoms with van der Waals surface area (Å²) in [7, 11) is 0. The molecule has 0 saturated carbocycles. The molecule has 1 atom stereocenters. The van der Waals surface area contributed by atoms with Gasteiger partial charge in [-0.25, -0.2) is 9.78 Å². The van der Waals surface area contributed by atoms with E-state index >= 15 is 0 Å². The van der Waals surface area contributed by atoms with Gasteiger partial charge in [0.25, 0.3) is 0 Å². The molecule has 1 aliphatic rings. The Labute approximate surface area is 179 Å². The Kier molecular flexibility index (Phi) is 4.69. The number of hydrogen-bond acceptors (Lipinski definition) is 6. The average Bonchev–Trinajstić information content (AvgIpc) is 3.45. The van der Waals surface area contributed by atoms with Crippen LogP contribution in [-0.4, -0.2) is 43.7 Å². The minimum Gasteiger partial charge on any atom is -0.478 e. The van der Waals surface area contributed by atoms with Gasteiger partial charge in [-0.2, -0.15) is 0 Å². The Balaban J connectivity index is 1.66. The number of aryl methyl sites for hydroxylation is 1. The minimum atomic E-state index is -0.955. The lowest BCUT2D eigenvalue weighted by atomic mass is 10.0. The number of benzene rings is 2. The molecule has 0 bridgehead atoms. The number of hydrogen-bond donors (Lipinski definition) is 2. The summed E-state index contributed by atoms with van der Waals surface area (Å²) in [5, 5.41) is 22.4. The van der Waals surface area contributed by atoms with Crippen LogP contribution < -0.4 is 10.2 Å². The van der Waals surface area contributed by atoms with Crippen molar-refractivity contribution in [2.24, 2.45) is 0 Å². The standard InChI is InChI=1S/C23H24N6O2/c1-14-11-17(15(2)25-19-8-4-3-7-16(19)22(30)31)20-18(12-14)21-27-24-13-29(21)23(26-20)28-9-5-6-10-28/h3-4,7-8,11-13,15,25H,5-6,9-10H2,1-2H3,(H,30,31)/t15-/m1/s1. The van der Waals surface area contributed by atoms with Crippen LogP contribution in [0, 0.1) is 6.92 Å². The fourth-order valence-electron chi connectivity index (χ4n) is 4.40. The predicted molar refractivity (Wildman–Crippen MR) is 120 cm³/mol. The van der Waals surface area contributed by atoms with E-state index in [1.807, 2.05) is 24.3 Å². The highest BCUT2D eigenvalue weighted by atomic mass is 16.4. The maximum absolute atomic E-state index is 11.6. The van der Waals surface area contributed by atoms with Crippen molar-refractivity contribution < 1.29 is 9.90 Å². The van der Waals surface area contributed by atoms with Crippen LogP contribution in [0.5, 0.6) is 0 Å². The molecule has 2 aromatic carbocycles. The van der Waals surface area contributed by atoms with Crippen molar-refractivity contribution in [3.63, 3.8) is 0 Å². The van der Waals surface area contributed by atoms with Crippen molar-refractivity contribution in [2.75, 3.05) is 23.3 Å². The van der Waals surface area contributed by atoms with Gasteiger partial charge in [0, 0.05) is 29.7 Å². The smallest absolute Gasteiger partial charge is 0.337 e. The predicted octanol–water partition coefficient (Wildman–Crippen LogP) is 4.06. The van der Waals surface area contributed by atoms with Gasteiger partial charge in [0.05, 0.1) is 17.1 Å². The van der Waals surface area contributed by atoms with E-state index in [1.165, 1.54) is 0 Å². The largest absolute Gasteiger partial charge is 0.478 e. The molecule has 158 valence electrons. The zero-order valence-corrected chi connectivity index (χ0v) is 17.5. The maximum atomic E-state index is 11.6. The highest BCUT2D eigenvalue weighted by Gasteiger charge is 2.22. The molecule has 1 saturated heterocycles. The van der Waals surface area contributed by atoms with Crippen LogP contribution in [-0.2, 0) is 0 Å². The first kappa shape index (κ1) is 19.3. The molecule has 8 heteroatoms. The molecule has 0 radical (unpaired) electrons. The summed E-state index contributed by atoms with van der Waals surface area (Å²) in [6.07, 6.45) is 4.02. The lowest BCUT2D eigenvalue weighted by Gasteiger charge is -2.22. The van der Waals surface area contributed by atoms with Gasteiger partial charge in [-0.15, -0.1) is 10.2 Å². The van der Waals surface area contributed by atoms with Gasteiger partial charge in [-0.05, 0) is 50.5 Å². The SMILES string of the molecule is Cc1cc([C@@H](C)Nc2ccccc2C(=O)O)c2nc(N3CCCC3)n3cnnc3c2c1. The summed E-state index contributed by atoms with van der Waals surface area (Å²) >= 11 is 0. The Morgan fingerprint density at radius 1 is 1.19 bits per heavy atom.